The highest BCUT2D eigenvalue weighted by Crippen LogP contribution is 2.30. The molecule has 12 nitrogen and oxygen atoms in total. The number of nitrogens with one attached hydrogen (secondary N) is 1. The van der Waals surface area contributed by atoms with E-state index >= 15 is 0 Å². The molecule has 250 valence electrons. The first-order valence-corrected chi connectivity index (χ1v) is 15.4. The summed E-state index contributed by atoms with van der Waals surface area (Å²) in [6.07, 6.45) is 1.26. The Morgan fingerprint density at radius 1 is 0.979 bits per heavy atom. The highest BCUT2D eigenvalue weighted by Gasteiger charge is 2.40. The Bertz CT molecular complexity index is 1730. The van der Waals surface area contributed by atoms with Gasteiger partial charge in [0.05, 0.1) is 56.6 Å². The second kappa shape index (κ2) is 13.3. The lowest BCUT2D eigenvalue weighted by Gasteiger charge is -2.43. The van der Waals surface area contributed by atoms with E-state index in [1.54, 1.807) is 14.7 Å². The molecule has 1 N–H and O–H groups in total. The number of amides is 4. The number of methoxy groups -OCH3 is 1. The average Bonchev–Trinajstić information content (AvgIpc) is 3.37. The van der Waals surface area contributed by atoms with Crippen molar-refractivity contribution in [3.8, 4) is 17.0 Å². The highest BCUT2D eigenvalue weighted by molar-refractivity contribution is 6.34. The Morgan fingerprint density at radius 3 is 2.26 bits per heavy atom. The van der Waals surface area contributed by atoms with Crippen LogP contribution in [0, 0.1) is 17.6 Å². The standard InChI is InChI=1S/C32H36ClF2N7O5/c1-38-24(22-8-9-25(47-5)28(35)27(22)34)15-36-29(38)30(44)37-20-6-7-21(23(33)14-20)32(46)40-12-10-39(11-13-40)31(45)19-16-41(17-19)26(43)18-42(2,3)4/h6-9,14-15,19H,10-13,16-18H2,1-5H3/p+1. The molecule has 0 aliphatic carbocycles. The van der Waals surface area contributed by atoms with Crippen molar-refractivity contribution in [3.05, 3.63) is 64.6 Å². The summed E-state index contributed by atoms with van der Waals surface area (Å²) >= 11 is 6.47. The molecule has 15 heteroatoms. The van der Waals surface area contributed by atoms with Gasteiger partial charge in [-0.25, -0.2) is 9.37 Å². The lowest BCUT2D eigenvalue weighted by atomic mass is 9.97. The number of halogens is 3. The molecule has 0 saturated carbocycles. The lowest BCUT2D eigenvalue weighted by molar-refractivity contribution is -0.862. The van der Waals surface area contributed by atoms with Gasteiger partial charge in [0.2, 0.25) is 11.7 Å². The van der Waals surface area contributed by atoms with Gasteiger partial charge < -0.3 is 33.8 Å². The number of benzene rings is 2. The second-order valence-corrected chi connectivity index (χ2v) is 13.1. The molecule has 0 bridgehead atoms. The van der Waals surface area contributed by atoms with Crippen LogP contribution >= 0.6 is 11.6 Å². The molecular weight excluding hydrogens is 636 g/mol. The minimum absolute atomic E-state index is 0.00865. The van der Waals surface area contributed by atoms with Gasteiger partial charge in [-0.3, -0.25) is 19.2 Å². The second-order valence-electron chi connectivity index (χ2n) is 12.7. The Labute approximate surface area is 276 Å². The van der Waals surface area contributed by atoms with Crippen LogP contribution in [0.1, 0.15) is 21.0 Å². The first kappa shape index (κ1) is 33.8. The maximum absolute atomic E-state index is 14.7. The predicted molar refractivity (Wildman–Crippen MR) is 170 cm³/mol. The van der Waals surface area contributed by atoms with E-state index in [1.807, 2.05) is 21.1 Å². The molecule has 3 aromatic rings. The number of likely N-dealkylation sites (N-methyl/N-ethyl adjacent to an activating group) is 1. The zero-order chi connectivity index (χ0) is 34.2. The average molecular weight is 673 g/mol. The number of hydrogen-bond acceptors (Lipinski definition) is 6. The van der Waals surface area contributed by atoms with Gasteiger partial charge in [0.1, 0.15) is 0 Å². The van der Waals surface area contributed by atoms with Crippen LogP contribution in [-0.4, -0.2) is 126 Å². The fraction of sp³-hybridized carbons (Fsp3) is 0.406. The Kier molecular flexibility index (Phi) is 9.55. The molecule has 2 aromatic carbocycles. The summed E-state index contributed by atoms with van der Waals surface area (Å²) < 4.78 is 35.6. The summed E-state index contributed by atoms with van der Waals surface area (Å²) in [5.74, 6) is -3.73. The normalized spacial score (nSPS) is 15.4. The molecule has 3 heterocycles. The highest BCUT2D eigenvalue weighted by atomic mass is 35.5. The van der Waals surface area contributed by atoms with Crippen molar-refractivity contribution in [2.24, 2.45) is 13.0 Å². The summed E-state index contributed by atoms with van der Waals surface area (Å²) in [5.41, 5.74) is 0.625. The number of hydrogen-bond donors (Lipinski definition) is 1. The number of piperazine rings is 1. The minimum atomic E-state index is -1.15. The van der Waals surface area contributed by atoms with Crippen LogP contribution in [0.2, 0.25) is 5.02 Å². The third-order valence-electron chi connectivity index (χ3n) is 8.26. The summed E-state index contributed by atoms with van der Waals surface area (Å²) in [6, 6.07) is 7.10. The van der Waals surface area contributed by atoms with Crippen LogP contribution in [0.4, 0.5) is 14.5 Å². The van der Waals surface area contributed by atoms with Crippen molar-refractivity contribution in [2.45, 2.75) is 0 Å². The van der Waals surface area contributed by atoms with Crippen LogP contribution in [0.3, 0.4) is 0 Å². The van der Waals surface area contributed by atoms with Gasteiger partial charge in [0.15, 0.2) is 23.9 Å². The van der Waals surface area contributed by atoms with Crippen LogP contribution in [0.5, 0.6) is 5.75 Å². The van der Waals surface area contributed by atoms with E-state index in [9.17, 15) is 28.0 Å². The van der Waals surface area contributed by atoms with E-state index < -0.39 is 17.5 Å². The number of ether oxygens (including phenoxy) is 1. The Hall–Kier alpha value is -4.56. The van der Waals surface area contributed by atoms with Gasteiger partial charge in [0, 0.05) is 57.6 Å². The molecule has 47 heavy (non-hydrogen) atoms. The van der Waals surface area contributed by atoms with Gasteiger partial charge in [-0.2, -0.15) is 4.39 Å². The maximum Gasteiger partial charge on any atom is 0.291 e. The number of rotatable bonds is 8. The van der Waals surface area contributed by atoms with E-state index in [0.29, 0.717) is 56.0 Å². The first-order chi connectivity index (χ1) is 22.2. The zero-order valence-electron chi connectivity index (χ0n) is 26.8. The fourth-order valence-electron chi connectivity index (χ4n) is 5.61. The number of nitrogens with zero attached hydrogens (tertiary/aromatic N) is 6. The summed E-state index contributed by atoms with van der Waals surface area (Å²) in [7, 11) is 8.56. The molecule has 1 aromatic heterocycles. The SMILES string of the molecule is COc1ccc(-c2cnc(C(=O)Nc3ccc(C(=O)N4CCN(C(=O)C5CN(C(=O)C[N+](C)(C)C)C5)CC4)c(Cl)c3)n2C)c(F)c1F. The molecule has 0 atom stereocenters. The van der Waals surface area contributed by atoms with Crippen molar-refractivity contribution in [1.82, 2.24) is 24.3 Å². The van der Waals surface area contributed by atoms with Crippen LogP contribution in [-0.2, 0) is 16.6 Å². The predicted octanol–water partition coefficient (Wildman–Crippen LogP) is 2.73. The van der Waals surface area contributed by atoms with Gasteiger partial charge in [-0.15, -0.1) is 0 Å². The van der Waals surface area contributed by atoms with Crippen LogP contribution in [0.15, 0.2) is 36.5 Å². The number of carbonyl (C=O) groups excluding carboxylic acids is 4. The van der Waals surface area contributed by atoms with E-state index in [0.717, 1.165) is 0 Å². The van der Waals surface area contributed by atoms with E-state index in [-0.39, 0.29) is 57.1 Å². The Balaban J connectivity index is 1.16. The molecule has 5 rings (SSSR count). The minimum Gasteiger partial charge on any atom is -0.494 e. The van der Waals surface area contributed by atoms with E-state index in [4.69, 9.17) is 16.3 Å². The molecular formula is C32H37ClF2N7O5+. The van der Waals surface area contributed by atoms with Crippen molar-refractivity contribution in [1.29, 1.82) is 0 Å². The number of likely N-dealkylation sites (tertiary alicyclic amines) is 1. The topological polar surface area (TPSA) is 117 Å². The fourth-order valence-corrected chi connectivity index (χ4v) is 5.88. The van der Waals surface area contributed by atoms with Crippen molar-refractivity contribution >= 4 is 40.9 Å². The molecule has 0 unspecified atom stereocenters. The van der Waals surface area contributed by atoms with Gasteiger partial charge in [-0.1, -0.05) is 11.6 Å². The number of aromatic nitrogens is 2. The third-order valence-corrected chi connectivity index (χ3v) is 8.58. The van der Waals surface area contributed by atoms with Crippen molar-refractivity contribution < 1.29 is 37.2 Å². The maximum atomic E-state index is 14.7. The smallest absolute Gasteiger partial charge is 0.291 e. The first-order valence-electron chi connectivity index (χ1n) is 15.0. The lowest BCUT2D eigenvalue weighted by Crippen LogP contribution is -2.61. The number of carbonyl (C=O) groups is 4. The summed E-state index contributed by atoms with van der Waals surface area (Å²) in [4.78, 5) is 60.8. The van der Waals surface area contributed by atoms with E-state index in [1.165, 1.54) is 55.3 Å². The molecule has 2 saturated heterocycles. The molecule has 4 amide bonds. The monoisotopic (exact) mass is 672 g/mol. The molecule has 2 fully saturated rings. The van der Waals surface area contributed by atoms with Crippen molar-refractivity contribution in [3.63, 3.8) is 0 Å². The van der Waals surface area contributed by atoms with Gasteiger partial charge >= 0.3 is 0 Å². The quantitative estimate of drug-likeness (QED) is 0.368. The van der Waals surface area contributed by atoms with Crippen LogP contribution < -0.4 is 10.1 Å². The zero-order valence-corrected chi connectivity index (χ0v) is 27.6. The molecule has 2 aliphatic heterocycles. The molecule has 2 aliphatic rings. The number of anilines is 1. The summed E-state index contributed by atoms with van der Waals surface area (Å²) in [5, 5.41) is 2.79. The largest absolute Gasteiger partial charge is 0.494 e. The summed E-state index contributed by atoms with van der Waals surface area (Å²) in [6.45, 7) is 2.61. The molecule has 0 radical (unpaired) electrons. The number of quaternary nitrogens is 1. The van der Waals surface area contributed by atoms with Crippen molar-refractivity contribution in [2.75, 3.05) is 79.4 Å². The Morgan fingerprint density at radius 2 is 1.64 bits per heavy atom. The van der Waals surface area contributed by atoms with Gasteiger partial charge in [-0.05, 0) is 30.3 Å². The third kappa shape index (κ3) is 7.08. The van der Waals surface area contributed by atoms with E-state index in [2.05, 4.69) is 10.3 Å². The van der Waals surface area contributed by atoms with Gasteiger partial charge in [0.25, 0.3) is 17.7 Å². The number of imidazole rings is 1. The van der Waals surface area contributed by atoms with Crippen LogP contribution in [0.25, 0.3) is 11.3 Å². The molecule has 0 spiro atoms.